The van der Waals surface area contributed by atoms with Gasteiger partial charge in [-0.05, 0) is 25.1 Å². The zero-order chi connectivity index (χ0) is 24.2. The zero-order valence-corrected chi connectivity index (χ0v) is 20.2. The minimum atomic E-state index is -0.419. The summed E-state index contributed by atoms with van der Waals surface area (Å²) in [5.41, 5.74) is 3.29. The third-order valence-electron chi connectivity index (χ3n) is 4.98. The fraction of sp³-hybridized carbons (Fsp3) is 0.174. The van der Waals surface area contributed by atoms with Crippen LogP contribution in [0.4, 0.5) is 10.8 Å². The summed E-state index contributed by atoms with van der Waals surface area (Å²) >= 11 is 2.69. The van der Waals surface area contributed by atoms with Gasteiger partial charge in [-0.15, -0.1) is 22.7 Å². The Balaban J connectivity index is 1.43. The fourth-order valence-corrected chi connectivity index (χ4v) is 4.80. The summed E-state index contributed by atoms with van der Waals surface area (Å²) in [5.74, 6) is 0.985. The second-order valence-corrected chi connectivity index (χ2v) is 8.95. The van der Waals surface area contributed by atoms with Crippen molar-refractivity contribution in [1.29, 1.82) is 0 Å². The summed E-state index contributed by atoms with van der Waals surface area (Å²) in [6.45, 7) is 1.68. The van der Waals surface area contributed by atoms with Gasteiger partial charge in [-0.2, -0.15) is 0 Å². The van der Waals surface area contributed by atoms with Crippen molar-refractivity contribution in [1.82, 2.24) is 9.97 Å². The van der Waals surface area contributed by atoms with Gasteiger partial charge in [0.1, 0.15) is 5.01 Å². The number of nitro groups is 1. The van der Waals surface area contributed by atoms with Crippen molar-refractivity contribution in [2.45, 2.75) is 13.3 Å². The van der Waals surface area contributed by atoms with E-state index >= 15 is 0 Å². The number of hydrogen-bond acceptors (Lipinski definition) is 9. The van der Waals surface area contributed by atoms with E-state index < -0.39 is 4.92 Å². The molecule has 2 aromatic heterocycles. The van der Waals surface area contributed by atoms with Gasteiger partial charge in [0.15, 0.2) is 16.6 Å². The first-order valence-electron chi connectivity index (χ1n) is 10.1. The number of carbonyl (C=O) groups is 1. The van der Waals surface area contributed by atoms with Crippen LogP contribution < -0.4 is 14.8 Å². The van der Waals surface area contributed by atoms with Crippen LogP contribution in [0.25, 0.3) is 21.8 Å². The number of thiazole rings is 2. The molecule has 4 rings (SSSR count). The Hall–Kier alpha value is -3.83. The largest absolute Gasteiger partial charge is 0.493 e. The van der Waals surface area contributed by atoms with E-state index in [1.165, 1.54) is 28.7 Å². The maximum atomic E-state index is 12.5. The number of hydrogen-bond donors (Lipinski definition) is 1. The van der Waals surface area contributed by atoms with Gasteiger partial charge in [0.25, 0.3) is 5.69 Å². The van der Waals surface area contributed by atoms with E-state index in [1.807, 2.05) is 23.6 Å². The average molecular weight is 497 g/mol. The Morgan fingerprint density at radius 3 is 2.53 bits per heavy atom. The lowest BCUT2D eigenvalue weighted by Crippen LogP contribution is -2.14. The van der Waals surface area contributed by atoms with Crippen LogP contribution in [0, 0.1) is 17.0 Å². The van der Waals surface area contributed by atoms with Crippen LogP contribution in [-0.4, -0.2) is 35.0 Å². The molecule has 1 N–H and O–H groups in total. The lowest BCUT2D eigenvalue weighted by atomic mass is 10.1. The number of nitro benzene ring substituents is 1. The number of benzene rings is 2. The number of ether oxygens (including phenoxy) is 2. The molecular weight excluding hydrogens is 476 g/mol. The molecule has 0 saturated carbocycles. The van der Waals surface area contributed by atoms with Crippen LogP contribution in [0.1, 0.15) is 11.3 Å². The summed E-state index contributed by atoms with van der Waals surface area (Å²) in [6, 6.07) is 10.5. The molecular formula is C23H20N4O5S2. The molecule has 174 valence electrons. The highest BCUT2D eigenvalue weighted by molar-refractivity contribution is 7.14. The maximum absolute atomic E-state index is 12.5. The van der Waals surface area contributed by atoms with Crippen molar-refractivity contribution in [3.8, 4) is 33.3 Å². The number of methoxy groups -OCH3 is 2. The first-order valence-corrected chi connectivity index (χ1v) is 11.8. The second kappa shape index (κ2) is 9.98. The predicted octanol–water partition coefficient (Wildman–Crippen LogP) is 5.35. The van der Waals surface area contributed by atoms with Crippen LogP contribution in [0.15, 0.2) is 47.2 Å². The molecule has 0 atom stereocenters. The normalized spacial score (nSPS) is 10.7. The van der Waals surface area contributed by atoms with E-state index in [0.29, 0.717) is 39.1 Å². The number of rotatable bonds is 8. The number of amides is 1. The van der Waals surface area contributed by atoms with E-state index in [-0.39, 0.29) is 18.0 Å². The summed E-state index contributed by atoms with van der Waals surface area (Å²) in [6.07, 6.45) is 0.0920. The standard InChI is InChI=1S/C23H20N4O5S2/c1-13-4-5-14(8-18(13)27(29)30)17-12-34-23(25-17)26-21(28)10-16-11-33-22(24-16)15-6-7-19(31-2)20(9-15)32-3/h4-9,11-12H,10H2,1-3H3,(H,25,26,28). The van der Waals surface area contributed by atoms with Gasteiger partial charge in [-0.25, -0.2) is 9.97 Å². The molecule has 0 aliphatic carbocycles. The molecule has 0 bridgehead atoms. The molecule has 0 radical (unpaired) electrons. The van der Waals surface area contributed by atoms with Crippen molar-refractivity contribution >= 4 is 39.4 Å². The summed E-state index contributed by atoms with van der Waals surface area (Å²) in [7, 11) is 3.15. The van der Waals surface area contributed by atoms with Gasteiger partial charge >= 0.3 is 0 Å². The van der Waals surface area contributed by atoms with Crippen molar-refractivity contribution in [2.75, 3.05) is 19.5 Å². The molecule has 0 spiro atoms. The first kappa shape index (κ1) is 23.3. The summed E-state index contributed by atoms with van der Waals surface area (Å²) in [4.78, 5) is 32.3. The van der Waals surface area contributed by atoms with Crippen LogP contribution in [0.3, 0.4) is 0 Å². The van der Waals surface area contributed by atoms with Gasteiger partial charge in [-0.3, -0.25) is 14.9 Å². The molecule has 9 nitrogen and oxygen atoms in total. The highest BCUT2D eigenvalue weighted by Crippen LogP contribution is 2.34. The number of nitrogens with one attached hydrogen (secondary N) is 1. The highest BCUT2D eigenvalue weighted by Gasteiger charge is 2.16. The molecule has 34 heavy (non-hydrogen) atoms. The Morgan fingerprint density at radius 2 is 1.79 bits per heavy atom. The number of nitrogens with zero attached hydrogens (tertiary/aromatic N) is 3. The quantitative estimate of drug-likeness (QED) is 0.258. The van der Waals surface area contributed by atoms with Crippen LogP contribution >= 0.6 is 22.7 Å². The van der Waals surface area contributed by atoms with Gasteiger partial charge < -0.3 is 14.8 Å². The third-order valence-corrected chi connectivity index (χ3v) is 6.67. The molecule has 0 aliphatic heterocycles. The molecule has 2 aromatic carbocycles. The first-order chi connectivity index (χ1) is 16.4. The van der Waals surface area contributed by atoms with Crippen LogP contribution in [-0.2, 0) is 11.2 Å². The molecule has 11 heteroatoms. The number of anilines is 1. The monoisotopic (exact) mass is 496 g/mol. The Kier molecular flexibility index (Phi) is 6.85. The van der Waals surface area contributed by atoms with Gasteiger partial charge in [0.2, 0.25) is 5.91 Å². The summed E-state index contributed by atoms with van der Waals surface area (Å²) in [5, 5.41) is 18.7. The van der Waals surface area contributed by atoms with E-state index in [9.17, 15) is 14.9 Å². The molecule has 0 fully saturated rings. The Morgan fingerprint density at radius 1 is 1.03 bits per heavy atom. The minimum absolute atomic E-state index is 0.0323. The van der Waals surface area contributed by atoms with Gasteiger partial charge in [0.05, 0.1) is 37.0 Å². The second-order valence-electron chi connectivity index (χ2n) is 7.23. The highest BCUT2D eigenvalue weighted by atomic mass is 32.1. The minimum Gasteiger partial charge on any atom is -0.493 e. The van der Waals surface area contributed by atoms with Crippen molar-refractivity contribution in [3.05, 3.63) is 68.5 Å². The Labute approximate surface area is 203 Å². The molecule has 0 aliphatic rings. The molecule has 0 saturated heterocycles. The lowest BCUT2D eigenvalue weighted by molar-refractivity contribution is -0.385. The predicted molar refractivity (Wildman–Crippen MR) is 132 cm³/mol. The van der Waals surface area contributed by atoms with E-state index in [0.717, 1.165) is 10.6 Å². The van der Waals surface area contributed by atoms with Crippen LogP contribution in [0.5, 0.6) is 11.5 Å². The average Bonchev–Trinajstić information content (AvgIpc) is 3.48. The van der Waals surface area contributed by atoms with Gasteiger partial charge in [0, 0.05) is 33.5 Å². The molecule has 1 amide bonds. The SMILES string of the molecule is COc1ccc(-c2nc(CC(=O)Nc3nc(-c4ccc(C)c([N+](=O)[O-])c4)cs3)cs2)cc1OC. The van der Waals surface area contributed by atoms with E-state index in [4.69, 9.17) is 9.47 Å². The van der Waals surface area contributed by atoms with Gasteiger partial charge in [-0.1, -0.05) is 12.1 Å². The zero-order valence-electron chi connectivity index (χ0n) is 18.5. The topological polar surface area (TPSA) is 116 Å². The van der Waals surface area contributed by atoms with Crippen molar-refractivity contribution in [2.24, 2.45) is 0 Å². The van der Waals surface area contributed by atoms with E-state index in [1.54, 1.807) is 38.7 Å². The summed E-state index contributed by atoms with van der Waals surface area (Å²) < 4.78 is 10.6. The number of aromatic nitrogens is 2. The molecule has 2 heterocycles. The number of carbonyl (C=O) groups excluding carboxylic acids is 1. The van der Waals surface area contributed by atoms with Crippen molar-refractivity contribution in [3.63, 3.8) is 0 Å². The lowest BCUT2D eigenvalue weighted by Gasteiger charge is -2.08. The Bertz CT molecular complexity index is 1370. The van der Waals surface area contributed by atoms with Crippen molar-refractivity contribution < 1.29 is 19.2 Å². The maximum Gasteiger partial charge on any atom is 0.272 e. The van der Waals surface area contributed by atoms with Crippen LogP contribution in [0.2, 0.25) is 0 Å². The fourth-order valence-electron chi connectivity index (χ4n) is 3.25. The third kappa shape index (κ3) is 5.05. The molecule has 0 unspecified atom stereocenters. The smallest absolute Gasteiger partial charge is 0.272 e. The number of aryl methyl sites for hydroxylation is 1. The van der Waals surface area contributed by atoms with E-state index in [2.05, 4.69) is 15.3 Å². The molecule has 4 aromatic rings.